The van der Waals surface area contributed by atoms with Gasteiger partial charge in [0.2, 0.25) is 0 Å². The summed E-state index contributed by atoms with van der Waals surface area (Å²) in [4.78, 5) is 24.3. The van der Waals surface area contributed by atoms with E-state index in [0.717, 1.165) is 19.5 Å². The Labute approximate surface area is 125 Å². The Hall–Kier alpha value is -2.14. The Morgan fingerprint density at radius 3 is 2.52 bits per heavy atom. The summed E-state index contributed by atoms with van der Waals surface area (Å²) in [6, 6.07) is 9.61. The van der Waals surface area contributed by atoms with E-state index in [0.29, 0.717) is 0 Å². The third-order valence-electron chi connectivity index (χ3n) is 3.94. The summed E-state index contributed by atoms with van der Waals surface area (Å²) in [6.45, 7) is 3.55. The molecular weight excluding hydrogens is 266 g/mol. The van der Waals surface area contributed by atoms with Gasteiger partial charge in [-0.3, -0.25) is 10.1 Å². The smallest absolute Gasteiger partial charge is 0.321 e. The zero-order valence-corrected chi connectivity index (χ0v) is 12.5. The summed E-state index contributed by atoms with van der Waals surface area (Å²) in [5.74, 6) is -0.235. The third-order valence-corrected chi connectivity index (χ3v) is 3.94. The molecule has 0 fully saturated rings. The van der Waals surface area contributed by atoms with Crippen LogP contribution in [0.4, 0.5) is 4.79 Å². The first-order valence-electron chi connectivity index (χ1n) is 7.23. The van der Waals surface area contributed by atoms with Crippen LogP contribution in [0.5, 0.6) is 0 Å². The average Bonchev–Trinajstić information content (AvgIpc) is 2.55. The number of hydrogen-bond acceptors (Lipinski definition) is 2. The number of imide groups is 1. The van der Waals surface area contributed by atoms with Crippen LogP contribution in [0.2, 0.25) is 0 Å². The minimum Gasteiger partial charge on any atom is -0.341 e. The highest BCUT2D eigenvalue weighted by Gasteiger charge is 2.27. The van der Waals surface area contributed by atoms with E-state index in [-0.39, 0.29) is 11.9 Å². The van der Waals surface area contributed by atoms with Gasteiger partial charge in [-0.15, -0.1) is 0 Å². The van der Waals surface area contributed by atoms with E-state index >= 15 is 0 Å². The predicted molar refractivity (Wildman–Crippen MR) is 81.8 cm³/mol. The minimum absolute atomic E-state index is 0.235. The Kier molecular flexibility index (Phi) is 5.11. The van der Waals surface area contributed by atoms with Gasteiger partial charge in [0.1, 0.15) is 0 Å². The molecule has 1 aliphatic heterocycles. The summed E-state index contributed by atoms with van der Waals surface area (Å²) in [7, 11) is 1.50. The third kappa shape index (κ3) is 3.92. The minimum atomic E-state index is -0.455. The highest BCUT2D eigenvalue weighted by Crippen LogP contribution is 2.17. The van der Waals surface area contributed by atoms with Gasteiger partial charge in [-0.2, -0.15) is 0 Å². The molecule has 0 aliphatic carbocycles. The molecular formula is C16H22N3O2+. The summed E-state index contributed by atoms with van der Waals surface area (Å²) < 4.78 is 0. The largest absolute Gasteiger partial charge is 0.341 e. The van der Waals surface area contributed by atoms with Crippen molar-refractivity contribution in [1.29, 1.82) is 0 Å². The molecule has 1 aromatic carbocycles. The van der Waals surface area contributed by atoms with Crippen molar-refractivity contribution < 1.29 is 14.5 Å². The summed E-state index contributed by atoms with van der Waals surface area (Å²) in [5.41, 5.74) is 2.58. The molecule has 3 N–H and O–H groups in total. The number of quaternary nitrogens is 1. The van der Waals surface area contributed by atoms with E-state index in [1.807, 2.05) is 25.1 Å². The molecule has 1 unspecified atom stereocenters. The Morgan fingerprint density at radius 1 is 1.24 bits per heavy atom. The van der Waals surface area contributed by atoms with Crippen molar-refractivity contribution in [3.8, 4) is 0 Å². The summed E-state index contributed by atoms with van der Waals surface area (Å²) in [6.07, 6.45) is 3.13. The van der Waals surface area contributed by atoms with Crippen LogP contribution in [-0.2, 0) is 4.79 Å². The SMILES string of the molecule is CNC(=O)NC(=O)[C@@H](C)[NH+]1CC=C(c2ccccc2)CC1. The number of carbonyl (C=O) groups is 2. The van der Waals surface area contributed by atoms with Crippen LogP contribution >= 0.6 is 0 Å². The monoisotopic (exact) mass is 288 g/mol. The number of urea groups is 1. The van der Waals surface area contributed by atoms with Crippen LogP contribution in [0.3, 0.4) is 0 Å². The van der Waals surface area contributed by atoms with Crippen LogP contribution in [0.15, 0.2) is 36.4 Å². The molecule has 0 bridgehead atoms. The van der Waals surface area contributed by atoms with Crippen molar-refractivity contribution in [2.24, 2.45) is 0 Å². The maximum absolute atomic E-state index is 11.9. The molecule has 5 heteroatoms. The first-order valence-corrected chi connectivity index (χ1v) is 7.23. The highest BCUT2D eigenvalue weighted by molar-refractivity contribution is 5.96. The zero-order valence-electron chi connectivity index (χ0n) is 12.5. The van der Waals surface area contributed by atoms with Crippen LogP contribution < -0.4 is 15.5 Å². The molecule has 0 radical (unpaired) electrons. The molecule has 2 rings (SSSR count). The molecule has 0 saturated heterocycles. The molecule has 0 aromatic heterocycles. The molecule has 2 atom stereocenters. The van der Waals surface area contributed by atoms with Crippen LogP contribution in [-0.4, -0.2) is 38.1 Å². The van der Waals surface area contributed by atoms with Gasteiger partial charge < -0.3 is 10.2 Å². The topological polar surface area (TPSA) is 62.6 Å². The fourth-order valence-electron chi connectivity index (χ4n) is 2.53. The maximum atomic E-state index is 11.9. The van der Waals surface area contributed by atoms with E-state index in [4.69, 9.17) is 0 Å². The Balaban J connectivity index is 1.95. The second kappa shape index (κ2) is 7.04. The van der Waals surface area contributed by atoms with Gasteiger partial charge in [0.25, 0.3) is 5.91 Å². The van der Waals surface area contributed by atoms with Gasteiger partial charge in [0.05, 0.1) is 13.1 Å². The molecule has 5 nitrogen and oxygen atoms in total. The van der Waals surface area contributed by atoms with E-state index in [2.05, 4.69) is 28.8 Å². The molecule has 1 heterocycles. The van der Waals surface area contributed by atoms with Crippen molar-refractivity contribution >= 4 is 17.5 Å². The standard InChI is InChI=1S/C16H21N3O2/c1-12(15(20)18-16(21)17-2)19-10-8-14(9-11-19)13-6-4-3-5-7-13/h3-8,12H,9-11H2,1-2H3,(H2,17,18,20,21)/p+1/t12-/m1/s1. The van der Waals surface area contributed by atoms with Crippen molar-refractivity contribution in [3.05, 3.63) is 42.0 Å². The number of nitrogens with one attached hydrogen (secondary N) is 3. The molecule has 1 aliphatic rings. The van der Waals surface area contributed by atoms with E-state index < -0.39 is 6.03 Å². The lowest BCUT2D eigenvalue weighted by Crippen LogP contribution is -3.17. The van der Waals surface area contributed by atoms with Gasteiger partial charge in [0.15, 0.2) is 6.04 Å². The number of benzene rings is 1. The van der Waals surface area contributed by atoms with Crippen molar-refractivity contribution in [2.75, 3.05) is 20.1 Å². The van der Waals surface area contributed by atoms with Gasteiger partial charge in [-0.25, -0.2) is 4.79 Å². The first kappa shape index (κ1) is 15.3. The first-order chi connectivity index (χ1) is 10.1. The van der Waals surface area contributed by atoms with Crippen molar-refractivity contribution in [2.45, 2.75) is 19.4 Å². The van der Waals surface area contributed by atoms with Gasteiger partial charge in [-0.05, 0) is 24.1 Å². The predicted octanol–water partition coefficient (Wildman–Crippen LogP) is 0.203. The number of amides is 3. The lowest BCUT2D eigenvalue weighted by molar-refractivity contribution is -0.909. The zero-order chi connectivity index (χ0) is 15.2. The van der Waals surface area contributed by atoms with Crippen LogP contribution in [0.25, 0.3) is 5.57 Å². The van der Waals surface area contributed by atoms with E-state index in [9.17, 15) is 9.59 Å². The van der Waals surface area contributed by atoms with Crippen LogP contribution in [0.1, 0.15) is 18.9 Å². The number of hydrogen-bond donors (Lipinski definition) is 3. The van der Waals surface area contributed by atoms with Crippen molar-refractivity contribution in [1.82, 2.24) is 10.6 Å². The average molecular weight is 288 g/mol. The normalized spacial score (nSPS) is 19.3. The summed E-state index contributed by atoms with van der Waals surface area (Å²) >= 11 is 0. The molecule has 21 heavy (non-hydrogen) atoms. The highest BCUT2D eigenvalue weighted by atomic mass is 16.2. The number of carbonyl (C=O) groups excluding carboxylic acids is 2. The van der Waals surface area contributed by atoms with Crippen LogP contribution in [0, 0.1) is 0 Å². The molecule has 112 valence electrons. The van der Waals surface area contributed by atoms with Gasteiger partial charge in [-0.1, -0.05) is 30.3 Å². The van der Waals surface area contributed by atoms with E-state index in [1.54, 1.807) is 0 Å². The van der Waals surface area contributed by atoms with Gasteiger partial charge in [0, 0.05) is 13.5 Å². The fourth-order valence-corrected chi connectivity index (χ4v) is 2.53. The quantitative estimate of drug-likeness (QED) is 0.744. The van der Waals surface area contributed by atoms with Crippen molar-refractivity contribution in [3.63, 3.8) is 0 Å². The lowest BCUT2D eigenvalue weighted by atomic mass is 9.99. The molecule has 0 saturated carbocycles. The molecule has 3 amide bonds. The molecule has 0 spiro atoms. The lowest BCUT2D eigenvalue weighted by Gasteiger charge is -2.28. The van der Waals surface area contributed by atoms with E-state index in [1.165, 1.54) is 23.1 Å². The Bertz CT molecular complexity index is 540. The summed E-state index contributed by atoms with van der Waals surface area (Å²) in [5, 5.41) is 4.73. The molecule has 1 aromatic rings. The maximum Gasteiger partial charge on any atom is 0.321 e. The second-order valence-electron chi connectivity index (χ2n) is 5.25. The number of rotatable bonds is 3. The fraction of sp³-hybridized carbons (Fsp3) is 0.375. The Morgan fingerprint density at radius 2 is 1.95 bits per heavy atom. The second-order valence-corrected chi connectivity index (χ2v) is 5.25. The van der Waals surface area contributed by atoms with Gasteiger partial charge >= 0.3 is 6.03 Å².